The van der Waals surface area contributed by atoms with Crippen molar-refractivity contribution in [3.8, 4) is 0 Å². The number of nitrogens with zero attached hydrogens (tertiary/aromatic N) is 2. The number of fused-ring (bicyclic) bond motifs is 2. The summed E-state index contributed by atoms with van der Waals surface area (Å²) in [6.45, 7) is 5.70. The van der Waals surface area contributed by atoms with Gasteiger partial charge in [0.25, 0.3) is 0 Å². The Morgan fingerprint density at radius 2 is 2.15 bits per heavy atom. The zero-order valence-corrected chi connectivity index (χ0v) is 13.6. The maximum absolute atomic E-state index is 11.4. The summed E-state index contributed by atoms with van der Waals surface area (Å²) >= 11 is 3.55. The third-order valence-corrected chi connectivity index (χ3v) is 3.82. The average Bonchev–Trinajstić information content (AvgIpc) is 2.34. The number of Topliss-reactive ketones (excluding diaryl/α,β-unsaturated/α-hetero) is 1. The average molecular weight is 340 g/mol. The summed E-state index contributed by atoms with van der Waals surface area (Å²) in [5.74, 6) is 0.217. The van der Waals surface area contributed by atoms with E-state index in [1.54, 1.807) is 6.92 Å². The Kier molecular flexibility index (Phi) is 6.13. The van der Waals surface area contributed by atoms with Gasteiger partial charge in [-0.3, -0.25) is 14.7 Å². The number of halogens is 1. The molecule has 0 unspecified atom stereocenters. The van der Waals surface area contributed by atoms with Gasteiger partial charge in [-0.05, 0) is 45.0 Å². The number of aromatic nitrogens is 1. The summed E-state index contributed by atoms with van der Waals surface area (Å²) < 4.78 is 1.05. The second-order valence-electron chi connectivity index (χ2n) is 5.42. The minimum absolute atomic E-state index is 0.217. The number of nitrogens with one attached hydrogen (secondary N) is 1. The zero-order valence-electron chi connectivity index (χ0n) is 12.0. The zero-order chi connectivity index (χ0) is 14.4. The smallest absolute Gasteiger partial charge is 0.143 e. The summed E-state index contributed by atoms with van der Waals surface area (Å²) in [4.78, 5) is 18.3. The largest absolute Gasteiger partial charge is 0.311 e. The van der Waals surface area contributed by atoms with E-state index in [0.29, 0.717) is 6.54 Å². The lowest BCUT2D eigenvalue weighted by molar-refractivity contribution is -0.118. The highest BCUT2D eigenvalue weighted by Crippen LogP contribution is 2.15. The molecule has 2 bridgehead atoms. The minimum atomic E-state index is 0.217. The molecule has 4 nitrogen and oxygen atoms in total. The van der Waals surface area contributed by atoms with Crippen molar-refractivity contribution in [2.24, 2.45) is 0 Å². The first-order valence-corrected chi connectivity index (χ1v) is 8.00. The fourth-order valence-electron chi connectivity index (χ4n) is 2.52. The van der Waals surface area contributed by atoms with Crippen LogP contribution >= 0.6 is 15.9 Å². The normalized spacial score (nSPS) is 18.1. The van der Waals surface area contributed by atoms with Gasteiger partial charge in [0.2, 0.25) is 0 Å². The van der Waals surface area contributed by atoms with Crippen LogP contribution in [0.5, 0.6) is 0 Å². The van der Waals surface area contributed by atoms with Crippen molar-refractivity contribution >= 4 is 21.7 Å². The van der Waals surface area contributed by atoms with Gasteiger partial charge in [0.05, 0.1) is 17.9 Å². The molecule has 1 aliphatic heterocycles. The molecule has 0 saturated heterocycles. The molecule has 0 saturated carbocycles. The maximum atomic E-state index is 11.4. The van der Waals surface area contributed by atoms with E-state index in [9.17, 15) is 4.79 Å². The highest BCUT2D eigenvalue weighted by atomic mass is 79.9. The first-order chi connectivity index (χ1) is 9.63. The van der Waals surface area contributed by atoms with Gasteiger partial charge in [0.1, 0.15) is 5.78 Å². The van der Waals surface area contributed by atoms with Crippen LogP contribution in [0.25, 0.3) is 0 Å². The second kappa shape index (κ2) is 7.86. The molecule has 0 aromatic carbocycles. The Morgan fingerprint density at radius 1 is 1.35 bits per heavy atom. The van der Waals surface area contributed by atoms with Crippen molar-refractivity contribution < 1.29 is 4.79 Å². The van der Waals surface area contributed by atoms with E-state index in [1.165, 1.54) is 12.8 Å². The Labute approximate surface area is 129 Å². The van der Waals surface area contributed by atoms with E-state index in [0.717, 1.165) is 48.5 Å². The molecule has 2 rings (SSSR count). The lowest BCUT2D eigenvalue weighted by atomic mass is 10.2. The van der Waals surface area contributed by atoms with Gasteiger partial charge in [0.15, 0.2) is 0 Å². The maximum Gasteiger partial charge on any atom is 0.143 e. The van der Waals surface area contributed by atoms with E-state index in [2.05, 4.69) is 37.2 Å². The van der Waals surface area contributed by atoms with Crippen molar-refractivity contribution in [1.82, 2.24) is 15.2 Å². The van der Waals surface area contributed by atoms with Crippen LogP contribution in [-0.2, 0) is 17.9 Å². The number of pyridine rings is 1. The van der Waals surface area contributed by atoms with Crippen LogP contribution in [0.4, 0.5) is 0 Å². The van der Waals surface area contributed by atoms with E-state index < -0.39 is 0 Å². The van der Waals surface area contributed by atoms with E-state index in [-0.39, 0.29) is 5.78 Å². The summed E-state index contributed by atoms with van der Waals surface area (Å²) in [7, 11) is 0. The number of hydrogen-bond acceptors (Lipinski definition) is 4. The third kappa shape index (κ3) is 5.31. The number of ketones is 1. The molecule has 1 aromatic rings. The number of carbonyl (C=O) groups excluding carboxylic acids is 1. The van der Waals surface area contributed by atoms with Crippen LogP contribution in [0.3, 0.4) is 0 Å². The fourth-order valence-corrected chi connectivity index (χ4v) is 3.05. The van der Waals surface area contributed by atoms with Gasteiger partial charge in [-0.2, -0.15) is 0 Å². The molecular weight excluding hydrogens is 318 g/mol. The summed E-state index contributed by atoms with van der Waals surface area (Å²) in [6, 6.07) is 4.10. The predicted molar refractivity (Wildman–Crippen MR) is 83.5 cm³/mol. The van der Waals surface area contributed by atoms with Gasteiger partial charge < -0.3 is 5.32 Å². The molecule has 0 radical (unpaired) electrons. The number of carbonyl (C=O) groups is 1. The van der Waals surface area contributed by atoms with E-state index in [4.69, 9.17) is 0 Å². The highest BCUT2D eigenvalue weighted by Gasteiger charge is 2.11. The monoisotopic (exact) mass is 339 g/mol. The number of hydrogen-bond donors (Lipinski definition) is 1. The molecule has 0 amide bonds. The van der Waals surface area contributed by atoms with Crippen molar-refractivity contribution in [3.05, 3.63) is 28.0 Å². The summed E-state index contributed by atoms with van der Waals surface area (Å²) in [6.07, 6.45) is 3.51. The number of rotatable bonds is 2. The van der Waals surface area contributed by atoms with Crippen LogP contribution in [0.15, 0.2) is 16.6 Å². The predicted octanol–water partition coefficient (Wildman–Crippen LogP) is 2.51. The minimum Gasteiger partial charge on any atom is -0.311 e. The van der Waals surface area contributed by atoms with E-state index >= 15 is 0 Å². The summed E-state index contributed by atoms with van der Waals surface area (Å²) in [5.41, 5.74) is 2.08. The lowest BCUT2D eigenvalue weighted by Crippen LogP contribution is -2.30. The molecule has 110 valence electrons. The molecule has 0 atom stereocenters. The van der Waals surface area contributed by atoms with Gasteiger partial charge in [0, 0.05) is 17.6 Å². The van der Waals surface area contributed by atoms with Crippen molar-refractivity contribution in [3.63, 3.8) is 0 Å². The molecule has 2 heterocycles. The summed E-state index contributed by atoms with van der Waals surface area (Å²) in [5, 5.41) is 3.43. The molecule has 5 heteroatoms. The quantitative estimate of drug-likeness (QED) is 0.899. The molecule has 0 fully saturated rings. The van der Waals surface area contributed by atoms with Crippen LogP contribution in [0.1, 0.15) is 37.6 Å². The van der Waals surface area contributed by atoms with Crippen LogP contribution in [-0.4, -0.2) is 35.3 Å². The molecular formula is C15H22BrN3O. The van der Waals surface area contributed by atoms with Crippen molar-refractivity contribution in [2.75, 3.05) is 19.6 Å². The van der Waals surface area contributed by atoms with Crippen LogP contribution in [0.2, 0.25) is 0 Å². The van der Waals surface area contributed by atoms with Crippen molar-refractivity contribution in [1.29, 1.82) is 0 Å². The van der Waals surface area contributed by atoms with Gasteiger partial charge in [-0.15, -0.1) is 0 Å². The Bertz CT molecular complexity index is 464. The first-order valence-electron chi connectivity index (χ1n) is 7.21. The van der Waals surface area contributed by atoms with E-state index in [1.807, 2.05) is 6.07 Å². The third-order valence-electron chi connectivity index (χ3n) is 3.36. The second-order valence-corrected chi connectivity index (χ2v) is 6.33. The molecule has 0 spiro atoms. The van der Waals surface area contributed by atoms with Crippen LogP contribution < -0.4 is 5.32 Å². The molecule has 1 aromatic heterocycles. The Morgan fingerprint density at radius 3 is 2.95 bits per heavy atom. The standard InChI is InChI=1S/C15H22BrN3O/c1-12(20)10-19-6-4-2-3-5-17-9-14-7-13(16)8-15(11-19)18-14/h7-8,17H,2-6,9-11H2,1H3. The Hall–Kier alpha value is -0.780. The van der Waals surface area contributed by atoms with Gasteiger partial charge >= 0.3 is 0 Å². The Balaban J connectivity index is 2.16. The molecule has 20 heavy (non-hydrogen) atoms. The highest BCUT2D eigenvalue weighted by molar-refractivity contribution is 9.10. The van der Waals surface area contributed by atoms with Gasteiger partial charge in [-0.25, -0.2) is 0 Å². The topological polar surface area (TPSA) is 45.2 Å². The van der Waals surface area contributed by atoms with Crippen LogP contribution in [0, 0.1) is 0 Å². The van der Waals surface area contributed by atoms with Gasteiger partial charge in [-0.1, -0.05) is 22.4 Å². The SMILES string of the molecule is CC(=O)CN1CCCCCNCc2cc(Br)cc(n2)C1. The lowest BCUT2D eigenvalue weighted by Gasteiger charge is -2.21. The van der Waals surface area contributed by atoms with Crippen molar-refractivity contribution in [2.45, 2.75) is 39.3 Å². The molecule has 1 N–H and O–H groups in total. The first kappa shape index (κ1) is 15.6. The molecule has 0 aliphatic carbocycles. The fraction of sp³-hybridized carbons (Fsp3) is 0.600. The molecule has 1 aliphatic rings.